The molecule has 0 saturated heterocycles. The van der Waals surface area contributed by atoms with E-state index < -0.39 is 0 Å². The fourth-order valence-corrected chi connectivity index (χ4v) is 5.91. The number of rotatable bonds is 2. The highest BCUT2D eigenvalue weighted by atomic mass is 15.2. The molecule has 2 aliphatic heterocycles. The molecule has 0 saturated carbocycles. The van der Waals surface area contributed by atoms with Gasteiger partial charge in [-0.15, -0.1) is 0 Å². The van der Waals surface area contributed by atoms with Crippen LogP contribution in [0.5, 0.6) is 0 Å². The van der Waals surface area contributed by atoms with Crippen LogP contribution in [0.2, 0.25) is 0 Å². The third-order valence-electron chi connectivity index (χ3n) is 7.27. The standard InChI is InChI=1S/C32H25N3/c1-22-12-11-21-30(33-22)35-28-19-9-6-16-25(28)31-24-15-5-8-18-27(24)34(23-13-3-2-4-14-23)32(31)26-17-7-10-20-29(26)35/h2-21,31-32H,1H3. The lowest BCUT2D eigenvalue weighted by molar-refractivity contribution is 0.665. The zero-order chi connectivity index (χ0) is 23.4. The van der Waals surface area contributed by atoms with Crippen molar-refractivity contribution in [2.75, 3.05) is 9.80 Å². The molecule has 0 aliphatic carbocycles. The smallest absolute Gasteiger partial charge is 0.137 e. The average molecular weight is 452 g/mol. The summed E-state index contributed by atoms with van der Waals surface area (Å²) in [5.41, 5.74) is 9.86. The van der Waals surface area contributed by atoms with Crippen molar-refractivity contribution in [3.05, 3.63) is 144 Å². The number of aromatic nitrogens is 1. The Morgan fingerprint density at radius 3 is 1.83 bits per heavy atom. The van der Waals surface area contributed by atoms with E-state index in [1.54, 1.807) is 0 Å². The van der Waals surface area contributed by atoms with Crippen molar-refractivity contribution in [2.24, 2.45) is 0 Å². The molecule has 0 amide bonds. The number of hydrogen-bond acceptors (Lipinski definition) is 3. The van der Waals surface area contributed by atoms with Crippen LogP contribution < -0.4 is 9.80 Å². The summed E-state index contributed by atoms with van der Waals surface area (Å²) in [4.78, 5) is 9.84. The number of fused-ring (bicyclic) bond motifs is 7. The number of benzene rings is 4. The van der Waals surface area contributed by atoms with Crippen molar-refractivity contribution in [3.63, 3.8) is 0 Å². The first-order chi connectivity index (χ1) is 17.3. The number of para-hydroxylation sites is 4. The molecule has 168 valence electrons. The fraction of sp³-hybridized carbons (Fsp3) is 0.0938. The zero-order valence-electron chi connectivity index (χ0n) is 19.5. The predicted molar refractivity (Wildman–Crippen MR) is 143 cm³/mol. The van der Waals surface area contributed by atoms with Gasteiger partial charge >= 0.3 is 0 Å². The van der Waals surface area contributed by atoms with Crippen molar-refractivity contribution in [1.82, 2.24) is 4.98 Å². The summed E-state index contributed by atoms with van der Waals surface area (Å²) in [7, 11) is 0. The molecule has 3 heterocycles. The van der Waals surface area contributed by atoms with Gasteiger partial charge in [0.05, 0.1) is 17.4 Å². The van der Waals surface area contributed by atoms with Gasteiger partial charge in [-0.25, -0.2) is 4.98 Å². The quantitative estimate of drug-likeness (QED) is 0.270. The maximum atomic E-state index is 4.96. The van der Waals surface area contributed by atoms with E-state index in [4.69, 9.17) is 4.98 Å². The number of hydrogen-bond donors (Lipinski definition) is 0. The molecule has 7 rings (SSSR count). The van der Waals surface area contributed by atoms with Crippen LogP contribution in [0.25, 0.3) is 0 Å². The second-order valence-electron chi connectivity index (χ2n) is 9.28. The van der Waals surface area contributed by atoms with E-state index in [0.717, 1.165) is 11.5 Å². The molecule has 35 heavy (non-hydrogen) atoms. The monoisotopic (exact) mass is 451 g/mol. The molecule has 3 nitrogen and oxygen atoms in total. The van der Waals surface area contributed by atoms with E-state index in [-0.39, 0.29) is 12.0 Å². The third kappa shape index (κ3) is 3.01. The summed E-state index contributed by atoms with van der Waals surface area (Å²) in [6, 6.07) is 43.8. The molecule has 2 atom stereocenters. The second kappa shape index (κ2) is 7.85. The van der Waals surface area contributed by atoms with E-state index in [9.17, 15) is 0 Å². The lowest BCUT2D eigenvalue weighted by Gasteiger charge is -2.32. The molecule has 2 aliphatic rings. The molecule has 0 radical (unpaired) electrons. The summed E-state index contributed by atoms with van der Waals surface area (Å²) >= 11 is 0. The summed E-state index contributed by atoms with van der Waals surface area (Å²) in [6.07, 6.45) is 0. The second-order valence-corrected chi connectivity index (χ2v) is 9.28. The Morgan fingerprint density at radius 1 is 0.543 bits per heavy atom. The minimum Gasteiger partial charge on any atom is -0.333 e. The first-order valence-electron chi connectivity index (χ1n) is 12.2. The maximum absolute atomic E-state index is 4.96. The predicted octanol–water partition coefficient (Wildman–Crippen LogP) is 8.20. The van der Waals surface area contributed by atoms with Crippen LogP contribution in [0.15, 0.2) is 121 Å². The average Bonchev–Trinajstić information content (AvgIpc) is 3.19. The van der Waals surface area contributed by atoms with Crippen LogP contribution in [0.3, 0.4) is 0 Å². The van der Waals surface area contributed by atoms with Gasteiger partial charge in [-0.2, -0.15) is 0 Å². The van der Waals surface area contributed by atoms with Crippen LogP contribution in [-0.4, -0.2) is 4.98 Å². The van der Waals surface area contributed by atoms with Gasteiger partial charge < -0.3 is 4.90 Å². The highest BCUT2D eigenvalue weighted by molar-refractivity contribution is 5.86. The Labute approximate surface area is 205 Å². The number of anilines is 5. The van der Waals surface area contributed by atoms with Gasteiger partial charge in [0.15, 0.2) is 0 Å². The van der Waals surface area contributed by atoms with E-state index in [1.165, 1.54) is 39.4 Å². The number of nitrogens with zero attached hydrogens (tertiary/aromatic N) is 3. The molecule has 0 spiro atoms. The van der Waals surface area contributed by atoms with Gasteiger partial charge in [-0.3, -0.25) is 4.90 Å². The van der Waals surface area contributed by atoms with Crippen molar-refractivity contribution >= 4 is 28.6 Å². The molecule has 1 aromatic heterocycles. The Hall–Kier alpha value is -4.37. The molecule has 5 aromatic rings. The van der Waals surface area contributed by atoms with Crippen LogP contribution >= 0.6 is 0 Å². The van der Waals surface area contributed by atoms with Crippen molar-refractivity contribution in [1.29, 1.82) is 0 Å². The summed E-state index contributed by atoms with van der Waals surface area (Å²) in [5.74, 6) is 1.14. The first kappa shape index (κ1) is 20.0. The third-order valence-corrected chi connectivity index (χ3v) is 7.27. The minimum absolute atomic E-state index is 0.127. The van der Waals surface area contributed by atoms with Crippen LogP contribution in [-0.2, 0) is 0 Å². The van der Waals surface area contributed by atoms with Gasteiger partial charge in [-0.05, 0) is 66.1 Å². The van der Waals surface area contributed by atoms with Gasteiger partial charge in [0.1, 0.15) is 5.82 Å². The molecule has 4 aromatic carbocycles. The van der Waals surface area contributed by atoms with Crippen molar-refractivity contribution < 1.29 is 0 Å². The van der Waals surface area contributed by atoms with Gasteiger partial charge in [0, 0.05) is 23.0 Å². The number of aryl methyl sites for hydroxylation is 1. The summed E-state index contributed by atoms with van der Waals surface area (Å²) in [6.45, 7) is 2.06. The van der Waals surface area contributed by atoms with E-state index in [2.05, 4.69) is 138 Å². The largest absolute Gasteiger partial charge is 0.333 e. The van der Waals surface area contributed by atoms with Crippen LogP contribution in [0.4, 0.5) is 28.6 Å². The molecule has 0 N–H and O–H groups in total. The molecule has 0 bridgehead atoms. The summed E-state index contributed by atoms with van der Waals surface area (Å²) < 4.78 is 0. The Bertz CT molecular complexity index is 1540. The minimum atomic E-state index is 0.127. The van der Waals surface area contributed by atoms with E-state index >= 15 is 0 Å². The topological polar surface area (TPSA) is 19.4 Å². The van der Waals surface area contributed by atoms with Crippen LogP contribution in [0.1, 0.15) is 34.3 Å². The molecular weight excluding hydrogens is 426 g/mol. The van der Waals surface area contributed by atoms with Gasteiger partial charge in [0.25, 0.3) is 0 Å². The van der Waals surface area contributed by atoms with Gasteiger partial charge in [0.2, 0.25) is 0 Å². The maximum Gasteiger partial charge on any atom is 0.137 e. The SMILES string of the molecule is Cc1cccc(N2c3ccccc3C3c4ccccc4N(c4ccccc4)C3c3ccccc32)n1. The fourth-order valence-electron chi connectivity index (χ4n) is 5.91. The first-order valence-corrected chi connectivity index (χ1v) is 12.2. The van der Waals surface area contributed by atoms with Crippen molar-refractivity contribution in [3.8, 4) is 0 Å². The Morgan fingerprint density at radius 2 is 1.11 bits per heavy atom. The highest BCUT2D eigenvalue weighted by Crippen LogP contribution is 2.60. The Kier molecular flexibility index (Phi) is 4.49. The van der Waals surface area contributed by atoms with E-state index in [0.29, 0.717) is 0 Å². The molecule has 2 unspecified atom stereocenters. The Balaban J connectivity index is 1.58. The summed E-state index contributed by atoms with van der Waals surface area (Å²) in [5, 5.41) is 0. The highest BCUT2D eigenvalue weighted by Gasteiger charge is 2.45. The van der Waals surface area contributed by atoms with Gasteiger partial charge in [-0.1, -0.05) is 78.9 Å². The lowest BCUT2D eigenvalue weighted by Crippen LogP contribution is -2.22. The van der Waals surface area contributed by atoms with Crippen molar-refractivity contribution in [2.45, 2.75) is 18.9 Å². The normalized spacial score (nSPS) is 17.7. The molecular formula is C32H25N3. The number of pyridine rings is 1. The molecule has 3 heteroatoms. The molecule has 0 fully saturated rings. The van der Waals surface area contributed by atoms with E-state index in [1.807, 2.05) is 0 Å². The van der Waals surface area contributed by atoms with Crippen LogP contribution in [0, 0.1) is 6.92 Å². The zero-order valence-corrected chi connectivity index (χ0v) is 19.5. The lowest BCUT2D eigenvalue weighted by atomic mass is 9.84.